The highest BCUT2D eigenvalue weighted by atomic mass is 35.5. The van der Waals surface area contributed by atoms with Crippen LogP contribution in [0.3, 0.4) is 0 Å². The largest absolute Gasteiger partial charge is 0.468 e. The molecule has 1 N–H and O–H groups in total. The summed E-state index contributed by atoms with van der Waals surface area (Å²) >= 11 is 7.28. The van der Waals surface area contributed by atoms with Crippen molar-refractivity contribution in [3.8, 4) is 0 Å². The number of nitrogens with one attached hydrogen (secondary N) is 1. The summed E-state index contributed by atoms with van der Waals surface area (Å²) in [5.74, 6) is -0.413. The highest BCUT2D eigenvalue weighted by Crippen LogP contribution is 2.04. The Morgan fingerprint density at radius 1 is 1.86 bits per heavy atom. The first-order valence-electron chi connectivity index (χ1n) is 4.04. The molecule has 1 atom stereocenters. The summed E-state index contributed by atoms with van der Waals surface area (Å²) in [6.45, 7) is 1.07. The molecule has 0 radical (unpaired) electrons. The Bertz CT molecular complexity index is 279. The number of esters is 1. The molecule has 0 aromatic carbocycles. The zero-order valence-electron chi connectivity index (χ0n) is 7.70. The van der Waals surface area contributed by atoms with Crippen molar-refractivity contribution in [2.24, 2.45) is 0 Å². The molecular weight excluding hydrogens is 224 g/mol. The van der Waals surface area contributed by atoms with Crippen molar-refractivity contribution >= 4 is 28.9 Å². The number of ether oxygens (including phenoxy) is 1. The van der Waals surface area contributed by atoms with E-state index >= 15 is 0 Å². The Morgan fingerprint density at radius 3 is 3.21 bits per heavy atom. The number of carbonyl (C=O) groups is 1. The molecule has 1 rings (SSSR count). The van der Waals surface area contributed by atoms with Crippen LogP contribution in [-0.4, -0.2) is 30.0 Å². The number of methoxy groups -OCH3 is 1. The second-order valence-corrected chi connectivity index (χ2v) is 4.09. The lowest BCUT2D eigenvalue weighted by atomic mass is 10.4. The summed E-state index contributed by atoms with van der Waals surface area (Å²) in [6, 6.07) is 0. The minimum absolute atomic E-state index is 0.395. The minimum atomic E-state index is -0.632. The van der Waals surface area contributed by atoms with Gasteiger partial charge in [0.2, 0.25) is 0 Å². The van der Waals surface area contributed by atoms with E-state index in [1.165, 1.54) is 7.11 Å². The van der Waals surface area contributed by atoms with Crippen molar-refractivity contribution in [1.29, 1.82) is 0 Å². The van der Waals surface area contributed by atoms with Gasteiger partial charge in [-0.15, -0.1) is 22.9 Å². The Kier molecular flexibility index (Phi) is 4.86. The van der Waals surface area contributed by atoms with Gasteiger partial charge in [0.05, 0.1) is 12.6 Å². The number of halogens is 1. The Hall–Kier alpha value is -0.650. The normalized spacial score (nSPS) is 12.4. The summed E-state index contributed by atoms with van der Waals surface area (Å²) in [4.78, 5) is 15.9. The van der Waals surface area contributed by atoms with E-state index in [1.54, 1.807) is 23.0 Å². The molecule has 1 aromatic rings. The van der Waals surface area contributed by atoms with Gasteiger partial charge in [0.1, 0.15) is 5.38 Å². The number of rotatable bonds is 5. The molecule has 78 valence electrons. The van der Waals surface area contributed by atoms with Crippen LogP contribution in [-0.2, 0) is 16.1 Å². The van der Waals surface area contributed by atoms with Gasteiger partial charge >= 0.3 is 5.97 Å². The van der Waals surface area contributed by atoms with Crippen molar-refractivity contribution in [3.05, 3.63) is 16.6 Å². The van der Waals surface area contributed by atoms with Gasteiger partial charge in [0.15, 0.2) is 0 Å². The second-order valence-electron chi connectivity index (χ2n) is 2.59. The number of thiazole rings is 1. The van der Waals surface area contributed by atoms with Crippen molar-refractivity contribution in [2.45, 2.75) is 11.9 Å². The molecule has 0 saturated carbocycles. The van der Waals surface area contributed by atoms with Crippen molar-refractivity contribution in [3.63, 3.8) is 0 Å². The second kappa shape index (κ2) is 5.95. The van der Waals surface area contributed by atoms with Crippen LogP contribution in [0.1, 0.15) is 4.88 Å². The van der Waals surface area contributed by atoms with Gasteiger partial charge in [-0.1, -0.05) is 0 Å². The summed E-state index contributed by atoms with van der Waals surface area (Å²) in [5, 5.41) is 2.41. The molecular formula is C8H11ClN2O2S. The SMILES string of the molecule is COC(=O)C(Cl)CNCc1cncs1. The molecule has 0 bridgehead atoms. The van der Waals surface area contributed by atoms with Gasteiger partial charge in [-0.3, -0.25) is 9.78 Å². The molecule has 0 aliphatic heterocycles. The van der Waals surface area contributed by atoms with E-state index in [4.69, 9.17) is 11.6 Å². The molecule has 4 nitrogen and oxygen atoms in total. The monoisotopic (exact) mass is 234 g/mol. The standard InChI is InChI=1S/C8H11ClN2O2S/c1-13-8(12)7(9)4-10-2-6-3-11-5-14-6/h3,5,7,10H,2,4H2,1H3. The molecule has 0 spiro atoms. The molecule has 1 unspecified atom stereocenters. The lowest BCUT2D eigenvalue weighted by Gasteiger charge is -2.07. The van der Waals surface area contributed by atoms with Crippen LogP contribution in [0.15, 0.2) is 11.7 Å². The fourth-order valence-electron chi connectivity index (χ4n) is 0.863. The Balaban J connectivity index is 2.18. The first-order chi connectivity index (χ1) is 6.74. The van der Waals surface area contributed by atoms with E-state index in [9.17, 15) is 4.79 Å². The average molecular weight is 235 g/mol. The van der Waals surface area contributed by atoms with Gasteiger partial charge in [0, 0.05) is 24.2 Å². The summed E-state index contributed by atoms with van der Waals surface area (Å²) in [7, 11) is 1.32. The van der Waals surface area contributed by atoms with E-state index in [1.807, 2.05) is 0 Å². The molecule has 14 heavy (non-hydrogen) atoms. The minimum Gasteiger partial charge on any atom is -0.468 e. The maximum Gasteiger partial charge on any atom is 0.325 e. The highest BCUT2D eigenvalue weighted by Gasteiger charge is 2.14. The van der Waals surface area contributed by atoms with Crippen LogP contribution in [0.25, 0.3) is 0 Å². The van der Waals surface area contributed by atoms with Crippen LogP contribution in [0, 0.1) is 0 Å². The molecule has 0 amide bonds. The first-order valence-corrected chi connectivity index (χ1v) is 5.35. The molecule has 0 aliphatic rings. The van der Waals surface area contributed by atoms with Crippen LogP contribution in [0.4, 0.5) is 0 Å². The maximum absolute atomic E-state index is 10.9. The lowest BCUT2D eigenvalue weighted by molar-refractivity contribution is -0.140. The number of nitrogens with zero attached hydrogens (tertiary/aromatic N) is 1. The van der Waals surface area contributed by atoms with E-state index in [-0.39, 0.29) is 0 Å². The van der Waals surface area contributed by atoms with Gasteiger partial charge in [0.25, 0.3) is 0 Å². The Morgan fingerprint density at radius 2 is 2.64 bits per heavy atom. The summed E-state index contributed by atoms with van der Waals surface area (Å²) < 4.78 is 4.48. The van der Waals surface area contributed by atoms with E-state index in [2.05, 4.69) is 15.0 Å². The molecule has 6 heteroatoms. The molecule has 0 saturated heterocycles. The van der Waals surface area contributed by atoms with E-state index in [0.29, 0.717) is 13.1 Å². The van der Waals surface area contributed by atoms with Crippen LogP contribution in [0.5, 0.6) is 0 Å². The quantitative estimate of drug-likeness (QED) is 0.611. The van der Waals surface area contributed by atoms with Crippen molar-refractivity contribution in [2.75, 3.05) is 13.7 Å². The maximum atomic E-state index is 10.9. The van der Waals surface area contributed by atoms with Gasteiger partial charge in [-0.2, -0.15) is 0 Å². The van der Waals surface area contributed by atoms with Crippen molar-refractivity contribution < 1.29 is 9.53 Å². The average Bonchev–Trinajstić information content (AvgIpc) is 2.69. The number of alkyl halides is 1. The number of hydrogen-bond acceptors (Lipinski definition) is 5. The number of carbonyl (C=O) groups excluding carboxylic acids is 1. The van der Waals surface area contributed by atoms with Crippen LogP contribution in [0.2, 0.25) is 0 Å². The third-order valence-electron chi connectivity index (χ3n) is 1.56. The van der Waals surface area contributed by atoms with E-state index in [0.717, 1.165) is 4.88 Å². The first kappa shape index (κ1) is 11.4. The third kappa shape index (κ3) is 3.61. The topological polar surface area (TPSA) is 51.2 Å². The molecule has 0 aliphatic carbocycles. The summed E-state index contributed by atoms with van der Waals surface area (Å²) in [6.07, 6.45) is 1.78. The summed E-state index contributed by atoms with van der Waals surface area (Å²) in [5.41, 5.74) is 1.76. The van der Waals surface area contributed by atoms with Gasteiger partial charge in [-0.05, 0) is 0 Å². The number of hydrogen-bond donors (Lipinski definition) is 1. The van der Waals surface area contributed by atoms with Gasteiger partial charge in [-0.25, -0.2) is 0 Å². The fraction of sp³-hybridized carbons (Fsp3) is 0.500. The van der Waals surface area contributed by atoms with Crippen LogP contribution >= 0.6 is 22.9 Å². The van der Waals surface area contributed by atoms with Crippen molar-refractivity contribution in [1.82, 2.24) is 10.3 Å². The highest BCUT2D eigenvalue weighted by molar-refractivity contribution is 7.09. The van der Waals surface area contributed by atoms with E-state index < -0.39 is 11.3 Å². The molecule has 0 fully saturated rings. The third-order valence-corrected chi connectivity index (χ3v) is 2.68. The lowest BCUT2D eigenvalue weighted by Crippen LogP contribution is -2.29. The molecule has 1 aromatic heterocycles. The predicted molar refractivity (Wildman–Crippen MR) is 55.5 cm³/mol. The Labute approximate surface area is 91.2 Å². The van der Waals surface area contributed by atoms with Crippen LogP contribution < -0.4 is 5.32 Å². The zero-order chi connectivity index (χ0) is 10.4. The predicted octanol–water partition coefficient (Wildman–Crippen LogP) is 1.01. The smallest absolute Gasteiger partial charge is 0.325 e. The zero-order valence-corrected chi connectivity index (χ0v) is 9.27. The molecule has 1 heterocycles. The number of aromatic nitrogens is 1. The fourth-order valence-corrected chi connectivity index (χ4v) is 1.63. The van der Waals surface area contributed by atoms with Gasteiger partial charge < -0.3 is 10.1 Å².